The highest BCUT2D eigenvalue weighted by Crippen LogP contribution is 2.30. The Morgan fingerprint density at radius 1 is 1.50 bits per heavy atom. The first-order valence-electron chi connectivity index (χ1n) is 6.01. The number of para-hydroxylation sites is 1. The van der Waals surface area contributed by atoms with Gasteiger partial charge in [0.2, 0.25) is 15.8 Å². The third-order valence-electron chi connectivity index (χ3n) is 3.16. The number of nitro benzene ring substituents is 1. The van der Waals surface area contributed by atoms with Gasteiger partial charge in [0, 0.05) is 25.7 Å². The second-order valence-corrected chi connectivity index (χ2v) is 6.37. The number of nitro groups is 1. The molecule has 0 aromatic heterocycles. The van der Waals surface area contributed by atoms with Crippen LogP contribution in [0.15, 0.2) is 23.1 Å². The molecule has 0 spiro atoms. The van der Waals surface area contributed by atoms with Gasteiger partial charge in [-0.3, -0.25) is 10.1 Å². The number of piperazine rings is 1. The van der Waals surface area contributed by atoms with Crippen molar-refractivity contribution in [2.75, 3.05) is 19.6 Å². The molecule has 0 bridgehead atoms. The van der Waals surface area contributed by atoms with Crippen molar-refractivity contribution in [3.05, 3.63) is 34.1 Å². The normalized spacial score (nSPS) is 20.8. The summed E-state index contributed by atoms with van der Waals surface area (Å²) in [5.41, 5.74) is -1.00. The van der Waals surface area contributed by atoms with Crippen molar-refractivity contribution in [2.24, 2.45) is 0 Å². The second-order valence-electron chi connectivity index (χ2n) is 4.51. The predicted molar refractivity (Wildman–Crippen MR) is 69.3 cm³/mol. The number of nitrogens with one attached hydrogen (secondary N) is 1. The standard InChI is InChI=1S/C11H14FN3O4S/c1-8-7-13-5-6-14(8)20(18,19)10-4-2-3-9(12)11(10)15(16)17/h2-4,8,13H,5-7H2,1H3. The molecule has 2 rings (SSSR count). The van der Waals surface area contributed by atoms with Crippen LogP contribution in [0.1, 0.15) is 6.92 Å². The number of benzene rings is 1. The van der Waals surface area contributed by atoms with Crippen LogP contribution in [0, 0.1) is 15.9 Å². The van der Waals surface area contributed by atoms with Crippen molar-refractivity contribution >= 4 is 15.7 Å². The lowest BCUT2D eigenvalue weighted by Gasteiger charge is -2.32. The monoisotopic (exact) mass is 303 g/mol. The van der Waals surface area contributed by atoms with Gasteiger partial charge < -0.3 is 5.32 Å². The second kappa shape index (κ2) is 5.43. The molecule has 1 aliphatic rings. The van der Waals surface area contributed by atoms with E-state index < -0.39 is 31.3 Å². The number of sulfonamides is 1. The van der Waals surface area contributed by atoms with Crippen LogP contribution >= 0.6 is 0 Å². The number of hydrogen-bond acceptors (Lipinski definition) is 5. The zero-order valence-electron chi connectivity index (χ0n) is 10.7. The SMILES string of the molecule is CC1CNCCN1S(=O)(=O)c1cccc(F)c1[N+](=O)[O-]. The molecule has 7 nitrogen and oxygen atoms in total. The van der Waals surface area contributed by atoms with Crippen molar-refractivity contribution < 1.29 is 17.7 Å². The zero-order valence-corrected chi connectivity index (χ0v) is 11.6. The van der Waals surface area contributed by atoms with Gasteiger partial charge in [-0.15, -0.1) is 0 Å². The summed E-state index contributed by atoms with van der Waals surface area (Å²) in [5, 5.41) is 13.9. The molecule has 110 valence electrons. The summed E-state index contributed by atoms with van der Waals surface area (Å²) >= 11 is 0. The average Bonchev–Trinajstić information content (AvgIpc) is 2.38. The molecule has 0 aliphatic carbocycles. The molecule has 20 heavy (non-hydrogen) atoms. The van der Waals surface area contributed by atoms with Crippen molar-refractivity contribution in [1.29, 1.82) is 0 Å². The maximum Gasteiger partial charge on any atom is 0.324 e. The fourth-order valence-corrected chi connectivity index (χ4v) is 3.99. The van der Waals surface area contributed by atoms with Gasteiger partial charge in [-0.1, -0.05) is 6.07 Å². The smallest absolute Gasteiger partial charge is 0.314 e. The molecule has 1 heterocycles. The molecular formula is C11H14FN3O4S. The first kappa shape index (κ1) is 14.8. The molecule has 1 N–H and O–H groups in total. The number of halogens is 1. The molecule has 1 aliphatic heterocycles. The van der Waals surface area contributed by atoms with E-state index in [9.17, 15) is 22.9 Å². The van der Waals surface area contributed by atoms with Crippen molar-refractivity contribution in [3.63, 3.8) is 0 Å². The minimum atomic E-state index is -4.10. The Morgan fingerprint density at radius 3 is 2.80 bits per heavy atom. The third kappa shape index (κ3) is 2.51. The molecule has 0 saturated carbocycles. The van der Waals surface area contributed by atoms with E-state index in [2.05, 4.69) is 5.32 Å². The molecule has 0 amide bonds. The van der Waals surface area contributed by atoms with Crippen molar-refractivity contribution in [3.8, 4) is 0 Å². The summed E-state index contributed by atoms with van der Waals surface area (Å²) in [6.07, 6.45) is 0. The minimum Gasteiger partial charge on any atom is -0.314 e. The number of hydrogen-bond donors (Lipinski definition) is 1. The topological polar surface area (TPSA) is 92.6 Å². The maximum atomic E-state index is 13.6. The quantitative estimate of drug-likeness (QED) is 0.656. The average molecular weight is 303 g/mol. The largest absolute Gasteiger partial charge is 0.324 e. The van der Waals surface area contributed by atoms with E-state index in [0.717, 1.165) is 22.5 Å². The molecule has 1 saturated heterocycles. The maximum absolute atomic E-state index is 13.6. The summed E-state index contributed by atoms with van der Waals surface area (Å²) in [4.78, 5) is 9.32. The van der Waals surface area contributed by atoms with E-state index in [0.29, 0.717) is 13.1 Å². The Bertz CT molecular complexity index is 635. The molecule has 1 unspecified atom stereocenters. The highest BCUT2D eigenvalue weighted by atomic mass is 32.2. The Kier molecular flexibility index (Phi) is 4.02. The van der Waals surface area contributed by atoms with Gasteiger partial charge in [-0.2, -0.15) is 8.70 Å². The number of nitrogens with zero attached hydrogens (tertiary/aromatic N) is 2. The molecule has 9 heteroatoms. The fraction of sp³-hybridized carbons (Fsp3) is 0.455. The highest BCUT2D eigenvalue weighted by molar-refractivity contribution is 7.89. The van der Waals surface area contributed by atoms with Gasteiger partial charge in [0.15, 0.2) is 4.90 Å². The van der Waals surface area contributed by atoms with Crippen LogP contribution in [-0.4, -0.2) is 43.3 Å². The van der Waals surface area contributed by atoms with Gasteiger partial charge in [0.1, 0.15) is 0 Å². The fourth-order valence-electron chi connectivity index (χ4n) is 2.19. The minimum absolute atomic E-state index is 0.192. The predicted octanol–water partition coefficient (Wildman–Crippen LogP) is 0.716. The summed E-state index contributed by atoms with van der Waals surface area (Å²) in [7, 11) is -4.10. The Morgan fingerprint density at radius 2 is 2.20 bits per heavy atom. The Hall–Kier alpha value is -1.58. The van der Waals surface area contributed by atoms with Crippen LogP contribution in [-0.2, 0) is 10.0 Å². The molecular weight excluding hydrogens is 289 g/mol. The van der Waals surface area contributed by atoms with E-state index in [1.807, 2.05) is 0 Å². The van der Waals surface area contributed by atoms with Crippen molar-refractivity contribution in [1.82, 2.24) is 9.62 Å². The van der Waals surface area contributed by atoms with Crippen LogP contribution in [0.3, 0.4) is 0 Å². The van der Waals surface area contributed by atoms with Gasteiger partial charge >= 0.3 is 5.69 Å². The van der Waals surface area contributed by atoms with Crippen LogP contribution in [0.5, 0.6) is 0 Å². The zero-order chi connectivity index (χ0) is 14.9. The third-order valence-corrected chi connectivity index (χ3v) is 5.20. The lowest BCUT2D eigenvalue weighted by atomic mass is 10.3. The summed E-state index contributed by atoms with van der Waals surface area (Å²) < 4.78 is 39.7. The summed E-state index contributed by atoms with van der Waals surface area (Å²) in [6, 6.07) is 2.74. The summed E-state index contributed by atoms with van der Waals surface area (Å²) in [5.74, 6) is -1.15. The van der Waals surface area contributed by atoms with E-state index in [1.54, 1.807) is 6.92 Å². The summed E-state index contributed by atoms with van der Waals surface area (Å²) in [6.45, 7) is 2.78. The van der Waals surface area contributed by atoms with E-state index in [-0.39, 0.29) is 12.6 Å². The molecule has 1 aromatic carbocycles. The van der Waals surface area contributed by atoms with Crippen LogP contribution in [0.25, 0.3) is 0 Å². The van der Waals surface area contributed by atoms with Gasteiger partial charge in [-0.05, 0) is 19.1 Å². The first-order chi connectivity index (χ1) is 9.35. The Labute approximate surface area is 115 Å². The van der Waals surface area contributed by atoms with Gasteiger partial charge in [-0.25, -0.2) is 8.42 Å². The lowest BCUT2D eigenvalue weighted by molar-refractivity contribution is -0.390. The van der Waals surface area contributed by atoms with E-state index in [1.165, 1.54) is 0 Å². The van der Waals surface area contributed by atoms with Crippen molar-refractivity contribution in [2.45, 2.75) is 17.9 Å². The van der Waals surface area contributed by atoms with Gasteiger partial charge in [0.25, 0.3) is 0 Å². The van der Waals surface area contributed by atoms with Gasteiger partial charge in [0.05, 0.1) is 4.92 Å². The van der Waals surface area contributed by atoms with Crippen LogP contribution < -0.4 is 5.32 Å². The van der Waals surface area contributed by atoms with E-state index >= 15 is 0 Å². The first-order valence-corrected chi connectivity index (χ1v) is 7.45. The van der Waals surface area contributed by atoms with Crippen LogP contribution in [0.4, 0.5) is 10.1 Å². The molecule has 1 atom stereocenters. The lowest BCUT2D eigenvalue weighted by Crippen LogP contribution is -2.52. The van der Waals surface area contributed by atoms with E-state index in [4.69, 9.17) is 0 Å². The molecule has 1 fully saturated rings. The molecule has 1 aromatic rings. The Balaban J connectivity index is 2.55. The van der Waals surface area contributed by atoms with Crippen LogP contribution in [0.2, 0.25) is 0 Å². The number of rotatable bonds is 3. The molecule has 0 radical (unpaired) electrons. The highest BCUT2D eigenvalue weighted by Gasteiger charge is 2.37.